The number of benzene rings is 2. The lowest BCUT2D eigenvalue weighted by Gasteiger charge is -2.38. The second-order valence-corrected chi connectivity index (χ2v) is 4.94. The quantitative estimate of drug-likeness (QED) is 0.794. The molecule has 1 aliphatic heterocycles. The van der Waals surface area contributed by atoms with Crippen LogP contribution in [0.4, 0.5) is 5.69 Å². The lowest BCUT2D eigenvalue weighted by atomic mass is 10.1. The highest BCUT2D eigenvalue weighted by atomic mass is 16.2. The maximum Gasteiger partial charge on any atom is 0.279 e. The minimum absolute atomic E-state index is 0.154. The summed E-state index contributed by atoms with van der Waals surface area (Å²) in [6, 6.07) is 18.4. The van der Waals surface area contributed by atoms with Crippen molar-refractivity contribution >= 4 is 17.5 Å². The molecule has 0 bridgehead atoms. The Balaban J connectivity index is 1.96. The SMILES string of the molecule is O=C1CCCN(c2ccccc2)N1C(=O)c1ccccc1. The molecule has 2 amide bonds. The molecule has 0 saturated carbocycles. The number of carbonyl (C=O) groups excluding carboxylic acids is 2. The van der Waals surface area contributed by atoms with E-state index >= 15 is 0 Å². The van der Waals surface area contributed by atoms with Crippen molar-refractivity contribution in [3.63, 3.8) is 0 Å². The zero-order chi connectivity index (χ0) is 14.7. The molecule has 0 atom stereocenters. The summed E-state index contributed by atoms with van der Waals surface area (Å²) in [5.41, 5.74) is 1.38. The van der Waals surface area contributed by atoms with Crippen molar-refractivity contribution in [3.05, 3.63) is 66.2 Å². The first-order valence-corrected chi connectivity index (χ1v) is 7.02. The third-order valence-electron chi connectivity index (χ3n) is 3.51. The van der Waals surface area contributed by atoms with E-state index in [2.05, 4.69) is 0 Å². The number of nitrogens with zero attached hydrogens (tertiary/aromatic N) is 2. The predicted molar refractivity (Wildman–Crippen MR) is 80.6 cm³/mol. The Bertz CT molecular complexity index is 640. The van der Waals surface area contributed by atoms with Crippen LogP contribution >= 0.6 is 0 Å². The lowest BCUT2D eigenvalue weighted by Crippen LogP contribution is -2.53. The van der Waals surface area contributed by atoms with E-state index in [1.165, 1.54) is 5.01 Å². The average molecular weight is 280 g/mol. The van der Waals surface area contributed by atoms with E-state index in [1.807, 2.05) is 36.4 Å². The van der Waals surface area contributed by atoms with Gasteiger partial charge in [0.2, 0.25) is 5.91 Å². The van der Waals surface area contributed by atoms with E-state index in [1.54, 1.807) is 29.3 Å². The van der Waals surface area contributed by atoms with Gasteiger partial charge in [-0.1, -0.05) is 36.4 Å². The van der Waals surface area contributed by atoms with Crippen LogP contribution in [0.3, 0.4) is 0 Å². The highest BCUT2D eigenvalue weighted by Gasteiger charge is 2.32. The van der Waals surface area contributed by atoms with Gasteiger partial charge in [-0.2, -0.15) is 5.01 Å². The zero-order valence-corrected chi connectivity index (χ0v) is 11.6. The van der Waals surface area contributed by atoms with Crippen molar-refractivity contribution in [2.75, 3.05) is 11.6 Å². The normalized spacial score (nSPS) is 15.1. The van der Waals surface area contributed by atoms with Gasteiger partial charge in [-0.25, -0.2) is 0 Å². The third kappa shape index (κ3) is 2.65. The van der Waals surface area contributed by atoms with Crippen molar-refractivity contribution in [1.82, 2.24) is 5.01 Å². The summed E-state index contributed by atoms with van der Waals surface area (Å²) in [5, 5.41) is 3.04. The van der Waals surface area contributed by atoms with Gasteiger partial charge in [0.25, 0.3) is 5.91 Å². The van der Waals surface area contributed by atoms with E-state index in [0.717, 1.165) is 12.1 Å². The number of anilines is 1. The fourth-order valence-electron chi connectivity index (χ4n) is 2.49. The summed E-state index contributed by atoms with van der Waals surface area (Å²) in [6.07, 6.45) is 1.16. The molecule has 0 N–H and O–H groups in total. The molecule has 0 radical (unpaired) electrons. The maximum absolute atomic E-state index is 12.7. The third-order valence-corrected chi connectivity index (χ3v) is 3.51. The Kier molecular flexibility index (Phi) is 3.69. The fourth-order valence-corrected chi connectivity index (χ4v) is 2.49. The van der Waals surface area contributed by atoms with Crippen molar-refractivity contribution in [2.45, 2.75) is 12.8 Å². The lowest BCUT2D eigenvalue weighted by molar-refractivity contribution is -0.130. The largest absolute Gasteiger partial charge is 0.279 e. The van der Waals surface area contributed by atoms with E-state index in [-0.39, 0.29) is 11.8 Å². The molecule has 0 unspecified atom stereocenters. The molecule has 0 spiro atoms. The van der Waals surface area contributed by atoms with Crippen molar-refractivity contribution in [1.29, 1.82) is 0 Å². The number of hydrogen-bond donors (Lipinski definition) is 0. The minimum atomic E-state index is -0.274. The van der Waals surface area contributed by atoms with Crippen LogP contribution in [0.2, 0.25) is 0 Å². The summed E-state index contributed by atoms with van der Waals surface area (Å²) >= 11 is 0. The van der Waals surface area contributed by atoms with Crippen LogP contribution in [0.15, 0.2) is 60.7 Å². The topological polar surface area (TPSA) is 40.6 Å². The molecule has 4 nitrogen and oxygen atoms in total. The highest BCUT2D eigenvalue weighted by Crippen LogP contribution is 2.23. The molecule has 21 heavy (non-hydrogen) atoms. The predicted octanol–water partition coefficient (Wildman–Crippen LogP) is 2.87. The summed E-state index contributed by atoms with van der Waals surface area (Å²) in [4.78, 5) is 24.9. The van der Waals surface area contributed by atoms with Gasteiger partial charge in [0, 0.05) is 18.5 Å². The van der Waals surface area contributed by atoms with E-state index < -0.39 is 0 Å². The fraction of sp³-hybridized carbons (Fsp3) is 0.176. The molecular weight excluding hydrogens is 264 g/mol. The molecule has 4 heteroatoms. The van der Waals surface area contributed by atoms with Crippen LogP contribution in [-0.2, 0) is 4.79 Å². The van der Waals surface area contributed by atoms with E-state index in [0.29, 0.717) is 18.5 Å². The monoisotopic (exact) mass is 280 g/mol. The molecular formula is C17H16N2O2. The Morgan fingerprint density at radius 3 is 2.19 bits per heavy atom. The summed E-state index contributed by atoms with van der Waals surface area (Å²) in [6.45, 7) is 0.661. The molecule has 0 aromatic heterocycles. The van der Waals surface area contributed by atoms with Crippen molar-refractivity contribution in [3.8, 4) is 0 Å². The summed E-state index contributed by atoms with van der Waals surface area (Å²) in [7, 11) is 0. The second-order valence-electron chi connectivity index (χ2n) is 4.94. The molecule has 1 fully saturated rings. The van der Waals surface area contributed by atoms with Gasteiger partial charge in [-0.3, -0.25) is 14.6 Å². The van der Waals surface area contributed by atoms with Crippen LogP contribution in [-0.4, -0.2) is 23.4 Å². The Morgan fingerprint density at radius 2 is 1.52 bits per heavy atom. The zero-order valence-electron chi connectivity index (χ0n) is 11.6. The molecule has 3 rings (SSSR count). The number of carbonyl (C=O) groups is 2. The van der Waals surface area contributed by atoms with Crippen LogP contribution in [0.5, 0.6) is 0 Å². The van der Waals surface area contributed by atoms with Gasteiger partial charge in [0.05, 0.1) is 5.69 Å². The molecule has 1 aliphatic rings. The van der Waals surface area contributed by atoms with Crippen LogP contribution in [0.25, 0.3) is 0 Å². The van der Waals surface area contributed by atoms with Crippen molar-refractivity contribution < 1.29 is 9.59 Å². The molecule has 2 aromatic carbocycles. The number of amides is 2. The first kappa shape index (κ1) is 13.4. The summed E-state index contributed by atoms with van der Waals surface area (Å²) in [5.74, 6) is -0.428. The Labute approximate surface area is 123 Å². The number of hydrazine groups is 1. The smallest absolute Gasteiger partial charge is 0.276 e. The van der Waals surface area contributed by atoms with Gasteiger partial charge in [-0.05, 0) is 30.7 Å². The molecule has 0 aliphatic carbocycles. The van der Waals surface area contributed by atoms with E-state index in [4.69, 9.17) is 0 Å². The van der Waals surface area contributed by atoms with Gasteiger partial charge in [0.1, 0.15) is 0 Å². The Hall–Kier alpha value is -2.62. The standard InChI is InChI=1S/C17H16N2O2/c20-16-12-7-13-18(15-10-5-2-6-11-15)19(16)17(21)14-8-3-1-4-9-14/h1-6,8-11H,7,12-13H2. The number of para-hydroxylation sites is 1. The molecule has 1 heterocycles. The molecule has 106 valence electrons. The minimum Gasteiger partial charge on any atom is -0.276 e. The first-order chi connectivity index (χ1) is 10.3. The van der Waals surface area contributed by atoms with Crippen LogP contribution in [0, 0.1) is 0 Å². The van der Waals surface area contributed by atoms with Crippen LogP contribution < -0.4 is 5.01 Å². The van der Waals surface area contributed by atoms with Crippen molar-refractivity contribution in [2.24, 2.45) is 0 Å². The van der Waals surface area contributed by atoms with Gasteiger partial charge >= 0.3 is 0 Å². The van der Waals surface area contributed by atoms with Gasteiger partial charge in [0.15, 0.2) is 0 Å². The highest BCUT2D eigenvalue weighted by molar-refractivity contribution is 6.06. The van der Waals surface area contributed by atoms with Gasteiger partial charge in [-0.15, -0.1) is 0 Å². The maximum atomic E-state index is 12.7. The second kappa shape index (κ2) is 5.79. The number of rotatable bonds is 2. The Morgan fingerprint density at radius 1 is 0.905 bits per heavy atom. The molecule has 1 saturated heterocycles. The number of hydrogen-bond acceptors (Lipinski definition) is 3. The number of imide groups is 1. The molecule has 2 aromatic rings. The first-order valence-electron chi connectivity index (χ1n) is 7.02. The average Bonchev–Trinajstić information content (AvgIpc) is 2.55. The van der Waals surface area contributed by atoms with Crippen LogP contribution in [0.1, 0.15) is 23.2 Å². The van der Waals surface area contributed by atoms with Gasteiger partial charge < -0.3 is 0 Å². The van der Waals surface area contributed by atoms with E-state index in [9.17, 15) is 9.59 Å². The summed E-state index contributed by atoms with van der Waals surface area (Å²) < 4.78 is 0.